The first kappa shape index (κ1) is 36.0. The van der Waals surface area contributed by atoms with E-state index in [0.29, 0.717) is 21.9 Å². The van der Waals surface area contributed by atoms with Gasteiger partial charge >= 0.3 is 0 Å². The van der Waals surface area contributed by atoms with Crippen LogP contribution < -0.4 is 14.9 Å². The highest BCUT2D eigenvalue weighted by Gasteiger charge is 2.70. The third-order valence-corrected chi connectivity index (χ3v) is 12.3. The van der Waals surface area contributed by atoms with Gasteiger partial charge in [-0.2, -0.15) is 5.01 Å². The van der Waals surface area contributed by atoms with Crippen molar-refractivity contribution in [2.24, 2.45) is 23.7 Å². The molecule has 4 aromatic carbocycles. The number of carbonyl (C=O) groups is 4. The molecule has 13 heteroatoms. The Labute approximate surface area is 326 Å². The van der Waals surface area contributed by atoms with Crippen molar-refractivity contribution in [3.8, 4) is 17.2 Å². The van der Waals surface area contributed by atoms with Crippen LogP contribution in [0.4, 0.5) is 5.69 Å². The fourth-order valence-electron chi connectivity index (χ4n) is 9.12. The molecule has 4 aromatic rings. The number of phenolic OH excluding ortho intramolecular Hbond substituents is 1. The van der Waals surface area contributed by atoms with E-state index in [9.17, 15) is 19.5 Å². The van der Waals surface area contributed by atoms with Gasteiger partial charge in [0.05, 0.1) is 59.7 Å². The number of carbonyl (C=O) groups excluding carboxylic acids is 4. The molecule has 2 aliphatic heterocycles. The van der Waals surface area contributed by atoms with Gasteiger partial charge in [0.25, 0.3) is 11.8 Å². The van der Waals surface area contributed by atoms with E-state index in [1.165, 1.54) is 25.2 Å². The van der Waals surface area contributed by atoms with E-state index in [-0.39, 0.29) is 58.4 Å². The highest BCUT2D eigenvalue weighted by Crippen LogP contribution is 2.65. The zero-order valence-electron chi connectivity index (χ0n) is 29.1. The van der Waals surface area contributed by atoms with Crippen LogP contribution in [0.1, 0.15) is 35.4 Å². The van der Waals surface area contributed by atoms with Crippen LogP contribution in [0.15, 0.2) is 96.6 Å². The van der Waals surface area contributed by atoms with Crippen LogP contribution in [0.2, 0.25) is 15.1 Å². The molecule has 54 heavy (non-hydrogen) atoms. The average molecular weight is 787 g/mol. The lowest BCUT2D eigenvalue weighted by atomic mass is 9.49. The van der Waals surface area contributed by atoms with Gasteiger partial charge in [0.15, 0.2) is 11.5 Å². The molecule has 0 aromatic heterocycles. The summed E-state index contributed by atoms with van der Waals surface area (Å²) < 4.78 is 11.0. The largest absolute Gasteiger partial charge is 0.503 e. The maximum Gasteiger partial charge on any atom is 0.260 e. The Hall–Kier alpha value is -5.03. The molecular formula is C41H34Cl3N3O7. The second-order valence-corrected chi connectivity index (χ2v) is 15.3. The number of rotatable bonds is 8. The molecule has 0 radical (unpaired) electrons. The monoisotopic (exact) mass is 785 g/mol. The van der Waals surface area contributed by atoms with Crippen molar-refractivity contribution in [3.63, 3.8) is 0 Å². The van der Waals surface area contributed by atoms with Gasteiger partial charge in [-0.15, -0.1) is 0 Å². The zero-order chi connectivity index (χ0) is 38.1. The number of methoxy groups -OCH3 is 2. The molecule has 0 spiro atoms. The number of halogens is 3. The molecule has 0 bridgehead atoms. The topological polar surface area (TPSA) is 125 Å². The van der Waals surface area contributed by atoms with Crippen LogP contribution in [0, 0.1) is 23.7 Å². The molecule has 2 N–H and O–H groups in total. The fraction of sp³-hybridized carbons (Fsp3) is 0.268. The Kier molecular flexibility index (Phi) is 9.11. The summed E-state index contributed by atoms with van der Waals surface area (Å²) in [5.41, 5.74) is 4.20. The summed E-state index contributed by atoms with van der Waals surface area (Å²) in [6.07, 6.45) is 2.29. The summed E-state index contributed by atoms with van der Waals surface area (Å²) in [6.45, 7) is 0.123. The number of hydrogen-bond acceptors (Lipinski definition) is 8. The van der Waals surface area contributed by atoms with Crippen molar-refractivity contribution in [3.05, 3.63) is 128 Å². The Morgan fingerprint density at radius 2 is 1.57 bits per heavy atom. The number of fused-ring (bicyclic) bond motifs is 4. The molecule has 4 amide bonds. The standard InChI is InChI=1S/C41H34Cl3N3O7/c1-53-25-11-8-23(9-12-25)41-29(38(50)47(40(41)52)45-32-15-10-24(42)18-30(32)43)19-28-26(35(41)22-16-31(44)36(48)33(17-22)54-2)13-14-27-34(28)39(51)46(37(27)49)20-21-6-4-3-5-7-21/h3-13,15-18,27-29,34-35,45,48H,14,19-20H2,1-2H3. The number of benzene rings is 4. The smallest absolute Gasteiger partial charge is 0.260 e. The molecule has 4 aliphatic rings. The average Bonchev–Trinajstić information content (AvgIpc) is 3.54. The number of allylic oxidation sites excluding steroid dienone is 2. The van der Waals surface area contributed by atoms with E-state index in [0.717, 1.165) is 16.1 Å². The van der Waals surface area contributed by atoms with Gasteiger partial charge in [-0.1, -0.05) is 88.9 Å². The van der Waals surface area contributed by atoms with Crippen molar-refractivity contribution in [1.82, 2.24) is 9.91 Å². The van der Waals surface area contributed by atoms with E-state index in [1.807, 2.05) is 36.4 Å². The quantitative estimate of drug-likeness (QED) is 0.139. The van der Waals surface area contributed by atoms with Gasteiger partial charge in [0.2, 0.25) is 11.8 Å². The van der Waals surface area contributed by atoms with E-state index in [4.69, 9.17) is 44.3 Å². The number of imide groups is 2. The van der Waals surface area contributed by atoms with Gasteiger partial charge in [0, 0.05) is 10.9 Å². The van der Waals surface area contributed by atoms with Gasteiger partial charge in [0.1, 0.15) is 5.75 Å². The summed E-state index contributed by atoms with van der Waals surface area (Å²) in [5, 5.41) is 12.4. The highest BCUT2D eigenvalue weighted by molar-refractivity contribution is 6.36. The van der Waals surface area contributed by atoms with Crippen LogP contribution in [0.5, 0.6) is 17.2 Å². The summed E-state index contributed by atoms with van der Waals surface area (Å²) in [6, 6.07) is 24.1. The van der Waals surface area contributed by atoms with Crippen molar-refractivity contribution >= 4 is 64.1 Å². The Bertz CT molecular complexity index is 2250. The van der Waals surface area contributed by atoms with Crippen molar-refractivity contribution < 1.29 is 33.8 Å². The summed E-state index contributed by atoms with van der Waals surface area (Å²) in [4.78, 5) is 60.2. The minimum atomic E-state index is -1.61. The number of hydrazine groups is 1. The van der Waals surface area contributed by atoms with Crippen molar-refractivity contribution in [2.75, 3.05) is 19.6 Å². The second kappa shape index (κ2) is 13.7. The van der Waals surface area contributed by atoms with Crippen LogP contribution in [0.3, 0.4) is 0 Å². The number of anilines is 1. The first-order valence-electron chi connectivity index (χ1n) is 17.4. The van der Waals surface area contributed by atoms with Gasteiger partial charge in [-0.25, -0.2) is 0 Å². The molecule has 3 fully saturated rings. The predicted molar refractivity (Wildman–Crippen MR) is 202 cm³/mol. The summed E-state index contributed by atoms with van der Waals surface area (Å²) >= 11 is 19.4. The lowest BCUT2D eigenvalue weighted by Crippen LogP contribution is -2.53. The van der Waals surface area contributed by atoms with E-state index in [2.05, 4.69) is 5.43 Å². The number of amides is 4. The van der Waals surface area contributed by atoms with Crippen LogP contribution in [0.25, 0.3) is 0 Å². The molecule has 10 nitrogen and oxygen atoms in total. The lowest BCUT2D eigenvalue weighted by Gasteiger charge is -2.50. The normalized spacial score (nSPS) is 25.9. The Morgan fingerprint density at radius 1 is 0.833 bits per heavy atom. The number of phenols is 1. The van der Waals surface area contributed by atoms with Crippen molar-refractivity contribution in [1.29, 1.82) is 0 Å². The maximum absolute atomic E-state index is 15.4. The number of ether oxygens (including phenoxy) is 2. The van der Waals surface area contributed by atoms with Crippen LogP contribution in [-0.2, 0) is 31.1 Å². The molecule has 1 saturated carbocycles. The molecule has 6 unspecified atom stereocenters. The van der Waals surface area contributed by atoms with Gasteiger partial charge in [-0.3, -0.25) is 29.5 Å². The minimum absolute atomic E-state index is 0.0250. The minimum Gasteiger partial charge on any atom is -0.503 e. The number of hydrogen-bond donors (Lipinski definition) is 2. The van der Waals surface area contributed by atoms with E-state index >= 15 is 4.79 Å². The first-order valence-corrected chi connectivity index (χ1v) is 18.5. The summed E-state index contributed by atoms with van der Waals surface area (Å²) in [7, 11) is 2.92. The molecule has 8 rings (SSSR count). The highest BCUT2D eigenvalue weighted by atomic mass is 35.5. The number of likely N-dealkylation sites (tertiary alicyclic amines) is 1. The van der Waals surface area contributed by atoms with Crippen LogP contribution in [-0.4, -0.2) is 52.9 Å². The molecule has 2 heterocycles. The number of aromatic hydroxyl groups is 1. The Morgan fingerprint density at radius 3 is 2.26 bits per heavy atom. The van der Waals surface area contributed by atoms with Gasteiger partial charge < -0.3 is 14.6 Å². The molecule has 2 saturated heterocycles. The summed E-state index contributed by atoms with van der Waals surface area (Å²) in [5.74, 6) is -5.33. The molecule has 6 atom stereocenters. The lowest BCUT2D eigenvalue weighted by molar-refractivity contribution is -0.142. The number of nitrogens with one attached hydrogen (secondary N) is 1. The Balaban J connectivity index is 1.33. The second-order valence-electron chi connectivity index (χ2n) is 14.0. The van der Waals surface area contributed by atoms with E-state index in [1.54, 1.807) is 48.5 Å². The van der Waals surface area contributed by atoms with Gasteiger partial charge in [-0.05, 0) is 77.9 Å². The maximum atomic E-state index is 15.4. The SMILES string of the molecule is COc1ccc(C23C(=O)N(Nc4ccc(Cl)cc4Cl)C(=O)C2CC2C(=CCC4C(=O)N(Cc5ccccc5)C(=O)C42)C3c2cc(Cl)c(O)c(OC)c2)cc1. The van der Waals surface area contributed by atoms with Crippen molar-refractivity contribution in [2.45, 2.75) is 30.7 Å². The third kappa shape index (κ3) is 5.45. The zero-order valence-corrected chi connectivity index (χ0v) is 31.4. The molecule has 276 valence electrons. The third-order valence-electron chi connectivity index (χ3n) is 11.5. The molecular weight excluding hydrogens is 753 g/mol. The fourth-order valence-corrected chi connectivity index (χ4v) is 9.79. The van der Waals surface area contributed by atoms with E-state index < -0.39 is 46.8 Å². The first-order chi connectivity index (χ1) is 26.0. The number of nitrogens with zero attached hydrogens (tertiary/aromatic N) is 2. The molecule has 2 aliphatic carbocycles. The predicted octanol–water partition coefficient (Wildman–Crippen LogP) is 7.55. The van der Waals surface area contributed by atoms with Crippen LogP contribution >= 0.6 is 34.8 Å².